The topological polar surface area (TPSA) is 72.0 Å². The van der Waals surface area contributed by atoms with Crippen LogP contribution < -0.4 is 4.72 Å². The van der Waals surface area contributed by atoms with Crippen molar-refractivity contribution in [3.05, 3.63) is 34.6 Å². The van der Waals surface area contributed by atoms with Crippen molar-refractivity contribution in [1.82, 2.24) is 9.97 Å². The lowest BCUT2D eigenvalue weighted by Crippen LogP contribution is -2.15. The monoisotopic (exact) mass is 317 g/mol. The molecule has 0 unspecified atom stereocenters. The van der Waals surface area contributed by atoms with E-state index in [0.29, 0.717) is 12.1 Å². The van der Waals surface area contributed by atoms with Crippen LogP contribution in [0.2, 0.25) is 5.02 Å². The van der Waals surface area contributed by atoms with Gasteiger partial charge in [0.25, 0.3) is 10.0 Å². The van der Waals surface area contributed by atoms with Gasteiger partial charge in [-0.2, -0.15) is 0 Å². The average molecular weight is 318 g/mol. The molecule has 2 rings (SSSR count). The predicted molar refractivity (Wildman–Crippen MR) is 76.2 cm³/mol. The molecule has 0 amide bonds. The van der Waals surface area contributed by atoms with Gasteiger partial charge in [0.05, 0.1) is 10.7 Å². The van der Waals surface area contributed by atoms with Crippen molar-refractivity contribution in [1.29, 1.82) is 0 Å². The highest BCUT2D eigenvalue weighted by molar-refractivity contribution is 7.94. The largest absolute Gasteiger partial charge is 0.274 e. The number of hydrogen-bond acceptors (Lipinski definition) is 5. The van der Waals surface area contributed by atoms with Gasteiger partial charge in [0.1, 0.15) is 0 Å². The summed E-state index contributed by atoms with van der Waals surface area (Å²) in [4.78, 5) is 8.17. The zero-order chi connectivity index (χ0) is 13.9. The van der Waals surface area contributed by atoms with Crippen molar-refractivity contribution >= 4 is 38.8 Å². The van der Waals surface area contributed by atoms with Crippen LogP contribution in [-0.4, -0.2) is 18.4 Å². The highest BCUT2D eigenvalue weighted by Gasteiger charge is 2.21. The van der Waals surface area contributed by atoms with Gasteiger partial charge in [0, 0.05) is 12.4 Å². The van der Waals surface area contributed by atoms with E-state index in [1.165, 1.54) is 6.20 Å². The lowest BCUT2D eigenvalue weighted by molar-refractivity contribution is 0.603. The molecule has 5 nitrogen and oxygen atoms in total. The molecule has 0 aromatic carbocycles. The SMILES string of the molecule is CCCc1nccnc1NS(=O)(=O)c1sccc1Cl. The minimum atomic E-state index is -3.71. The van der Waals surface area contributed by atoms with Crippen molar-refractivity contribution in [2.24, 2.45) is 0 Å². The number of aromatic nitrogens is 2. The Morgan fingerprint density at radius 2 is 2.11 bits per heavy atom. The maximum Gasteiger partial charge on any atom is 0.274 e. The van der Waals surface area contributed by atoms with E-state index in [1.807, 2.05) is 6.92 Å². The minimum Gasteiger partial charge on any atom is -0.261 e. The maximum atomic E-state index is 12.2. The fourth-order valence-electron chi connectivity index (χ4n) is 1.52. The first-order valence-electron chi connectivity index (χ1n) is 5.60. The van der Waals surface area contributed by atoms with Gasteiger partial charge in [-0.25, -0.2) is 13.4 Å². The summed E-state index contributed by atoms with van der Waals surface area (Å²) in [7, 11) is -3.71. The minimum absolute atomic E-state index is 0.0854. The third kappa shape index (κ3) is 3.23. The zero-order valence-electron chi connectivity index (χ0n) is 10.1. The van der Waals surface area contributed by atoms with Gasteiger partial charge in [-0.1, -0.05) is 24.9 Å². The summed E-state index contributed by atoms with van der Waals surface area (Å²) in [5, 5.41) is 1.83. The number of aryl methyl sites for hydroxylation is 1. The Morgan fingerprint density at radius 3 is 2.74 bits per heavy atom. The van der Waals surface area contributed by atoms with Crippen LogP contribution in [0.5, 0.6) is 0 Å². The number of nitrogens with one attached hydrogen (secondary N) is 1. The molecule has 0 aliphatic carbocycles. The Hall–Kier alpha value is -1.18. The van der Waals surface area contributed by atoms with Crippen molar-refractivity contribution in [3.8, 4) is 0 Å². The number of hydrogen-bond donors (Lipinski definition) is 1. The van der Waals surface area contributed by atoms with E-state index in [-0.39, 0.29) is 15.0 Å². The molecule has 0 spiro atoms. The van der Waals surface area contributed by atoms with Crippen LogP contribution >= 0.6 is 22.9 Å². The zero-order valence-corrected chi connectivity index (χ0v) is 12.5. The lowest BCUT2D eigenvalue weighted by Gasteiger charge is -2.09. The molecular weight excluding hydrogens is 306 g/mol. The lowest BCUT2D eigenvalue weighted by atomic mass is 10.2. The Morgan fingerprint density at radius 1 is 1.37 bits per heavy atom. The Kier molecular flexibility index (Phi) is 4.38. The molecule has 0 aliphatic heterocycles. The van der Waals surface area contributed by atoms with Gasteiger partial charge in [-0.05, 0) is 17.9 Å². The summed E-state index contributed by atoms with van der Waals surface area (Å²) in [5.41, 5.74) is 0.626. The van der Waals surface area contributed by atoms with Crippen molar-refractivity contribution in [2.75, 3.05) is 4.72 Å². The molecule has 2 heterocycles. The van der Waals surface area contributed by atoms with Crippen molar-refractivity contribution in [2.45, 2.75) is 24.0 Å². The second kappa shape index (κ2) is 5.85. The van der Waals surface area contributed by atoms with E-state index in [0.717, 1.165) is 17.8 Å². The number of anilines is 1. The second-order valence-corrected chi connectivity index (χ2v) is 6.96. The highest BCUT2D eigenvalue weighted by atomic mass is 35.5. The number of halogens is 1. The van der Waals surface area contributed by atoms with Crippen LogP contribution in [0.15, 0.2) is 28.0 Å². The molecule has 8 heteroatoms. The van der Waals surface area contributed by atoms with Crippen LogP contribution in [0, 0.1) is 0 Å². The van der Waals surface area contributed by atoms with Gasteiger partial charge in [0.15, 0.2) is 10.0 Å². The van der Waals surface area contributed by atoms with Crippen LogP contribution in [0.4, 0.5) is 5.82 Å². The smallest absolute Gasteiger partial charge is 0.261 e. The average Bonchev–Trinajstić information content (AvgIpc) is 2.79. The molecule has 102 valence electrons. The van der Waals surface area contributed by atoms with Gasteiger partial charge < -0.3 is 0 Å². The van der Waals surface area contributed by atoms with E-state index < -0.39 is 10.0 Å². The quantitative estimate of drug-likeness (QED) is 0.920. The van der Waals surface area contributed by atoms with E-state index >= 15 is 0 Å². The van der Waals surface area contributed by atoms with E-state index in [4.69, 9.17) is 11.6 Å². The number of rotatable bonds is 5. The Balaban J connectivity index is 2.34. The fraction of sp³-hybridized carbons (Fsp3) is 0.273. The summed E-state index contributed by atoms with van der Waals surface area (Å²) in [5.74, 6) is 0.258. The maximum absolute atomic E-state index is 12.2. The van der Waals surface area contributed by atoms with Crippen LogP contribution in [0.3, 0.4) is 0 Å². The molecular formula is C11H12ClN3O2S2. The first kappa shape index (κ1) is 14.2. The molecule has 1 N–H and O–H groups in total. The second-order valence-electron chi connectivity index (χ2n) is 3.76. The third-order valence-electron chi connectivity index (χ3n) is 2.32. The normalized spacial score (nSPS) is 11.5. The van der Waals surface area contributed by atoms with Gasteiger partial charge in [-0.15, -0.1) is 11.3 Å². The molecule has 19 heavy (non-hydrogen) atoms. The summed E-state index contributed by atoms with van der Waals surface area (Å²) < 4.78 is 26.9. The molecule has 0 radical (unpaired) electrons. The number of sulfonamides is 1. The van der Waals surface area contributed by atoms with Gasteiger partial charge in [0.2, 0.25) is 0 Å². The van der Waals surface area contributed by atoms with Crippen molar-refractivity contribution in [3.63, 3.8) is 0 Å². The van der Waals surface area contributed by atoms with Gasteiger partial charge >= 0.3 is 0 Å². The fourth-order valence-corrected chi connectivity index (χ4v) is 4.24. The number of thiophene rings is 1. The van der Waals surface area contributed by atoms with Crippen molar-refractivity contribution < 1.29 is 8.42 Å². The molecule has 0 fully saturated rings. The molecule has 0 bridgehead atoms. The molecule has 2 aromatic rings. The van der Waals surface area contributed by atoms with E-state index in [9.17, 15) is 8.42 Å². The van der Waals surface area contributed by atoms with E-state index in [1.54, 1.807) is 17.6 Å². The van der Waals surface area contributed by atoms with Crippen LogP contribution in [0.1, 0.15) is 19.0 Å². The van der Waals surface area contributed by atoms with Gasteiger partial charge in [-0.3, -0.25) is 9.71 Å². The number of nitrogens with zero attached hydrogens (tertiary/aromatic N) is 2. The summed E-state index contributed by atoms with van der Waals surface area (Å²) in [6.07, 6.45) is 4.50. The third-order valence-corrected chi connectivity index (χ3v) is 5.68. The molecule has 0 saturated carbocycles. The highest BCUT2D eigenvalue weighted by Crippen LogP contribution is 2.28. The van der Waals surface area contributed by atoms with Crippen LogP contribution in [-0.2, 0) is 16.4 Å². The van der Waals surface area contributed by atoms with E-state index in [2.05, 4.69) is 14.7 Å². The molecule has 0 saturated heterocycles. The first-order valence-corrected chi connectivity index (χ1v) is 8.34. The molecule has 2 aromatic heterocycles. The molecule has 0 aliphatic rings. The Bertz CT molecular complexity index is 670. The van der Waals surface area contributed by atoms with Crippen LogP contribution in [0.25, 0.3) is 0 Å². The predicted octanol–water partition coefficient (Wildman–Crippen LogP) is 2.94. The first-order chi connectivity index (χ1) is 9.04. The molecule has 0 atom stereocenters. The standard InChI is InChI=1S/C11H12ClN3O2S2/c1-2-3-9-10(14-6-5-13-9)15-19(16,17)11-8(12)4-7-18-11/h4-7H,2-3H2,1H3,(H,14,15). The Labute approximate surface area is 120 Å². The summed E-state index contributed by atoms with van der Waals surface area (Å²) in [6, 6.07) is 1.55. The summed E-state index contributed by atoms with van der Waals surface area (Å²) >= 11 is 6.91. The summed E-state index contributed by atoms with van der Waals surface area (Å²) in [6.45, 7) is 1.99.